The molecule has 0 aromatic heterocycles. The maximum Gasteiger partial charge on any atom is 0.140 e. The van der Waals surface area contributed by atoms with E-state index in [2.05, 4.69) is 0 Å². The third-order valence-corrected chi connectivity index (χ3v) is 2.28. The predicted molar refractivity (Wildman–Crippen MR) is 60.0 cm³/mol. The van der Waals surface area contributed by atoms with Crippen LogP contribution in [0.2, 0.25) is 5.02 Å². The second-order valence-electron chi connectivity index (χ2n) is 3.50. The summed E-state index contributed by atoms with van der Waals surface area (Å²) >= 11 is 5.99. The number of rotatable bonds is 4. The van der Waals surface area contributed by atoms with Crippen molar-refractivity contribution in [2.75, 3.05) is 6.61 Å². The first kappa shape index (κ1) is 11.3. The fraction of sp³-hybridized carbons (Fsp3) is 0.455. The molecule has 0 fully saturated rings. The summed E-state index contributed by atoms with van der Waals surface area (Å²) in [5.74, 6) is 0.773. The fourth-order valence-electron chi connectivity index (χ4n) is 1.15. The van der Waals surface area contributed by atoms with Gasteiger partial charge in [-0.25, -0.2) is 0 Å². The minimum atomic E-state index is 0.165. The Labute approximate surface area is 90.0 Å². The Morgan fingerprint density at radius 2 is 2.21 bits per heavy atom. The van der Waals surface area contributed by atoms with Gasteiger partial charge in [-0.2, -0.15) is 0 Å². The molecule has 0 heterocycles. The van der Waals surface area contributed by atoms with Crippen LogP contribution in [0.3, 0.4) is 0 Å². The average molecular weight is 214 g/mol. The first-order chi connectivity index (χ1) is 6.61. The lowest BCUT2D eigenvalue weighted by Gasteiger charge is -2.11. The molecular formula is C11H16ClNO. The maximum absolute atomic E-state index is 5.99. The van der Waals surface area contributed by atoms with E-state index in [0.717, 1.165) is 17.7 Å². The van der Waals surface area contributed by atoms with E-state index in [1.165, 1.54) is 0 Å². The molecule has 78 valence electrons. The molecule has 0 radical (unpaired) electrons. The van der Waals surface area contributed by atoms with E-state index in [1.807, 2.05) is 32.0 Å². The van der Waals surface area contributed by atoms with Crippen LogP contribution in [-0.4, -0.2) is 12.6 Å². The lowest BCUT2D eigenvalue weighted by Crippen LogP contribution is -2.18. The molecule has 0 unspecified atom stereocenters. The zero-order valence-corrected chi connectivity index (χ0v) is 9.34. The smallest absolute Gasteiger partial charge is 0.140 e. The number of nitrogens with two attached hydrogens (primary N) is 1. The van der Waals surface area contributed by atoms with Gasteiger partial charge in [-0.3, -0.25) is 0 Å². The average Bonchev–Trinajstić information content (AvgIpc) is 2.09. The SMILES string of the molecule is Cc1cccc(Cl)c1OCC[C@@H](C)N. The summed E-state index contributed by atoms with van der Waals surface area (Å²) in [5, 5.41) is 0.662. The van der Waals surface area contributed by atoms with Crippen LogP contribution in [0.4, 0.5) is 0 Å². The van der Waals surface area contributed by atoms with Crippen molar-refractivity contribution in [1.82, 2.24) is 0 Å². The minimum Gasteiger partial charge on any atom is -0.492 e. The van der Waals surface area contributed by atoms with E-state index in [4.69, 9.17) is 22.1 Å². The molecule has 0 saturated heterocycles. The van der Waals surface area contributed by atoms with Gasteiger partial charge in [0.15, 0.2) is 0 Å². The fourth-order valence-corrected chi connectivity index (χ4v) is 1.42. The zero-order chi connectivity index (χ0) is 10.6. The Kier molecular flexibility index (Phi) is 4.23. The number of hydrogen-bond acceptors (Lipinski definition) is 2. The van der Waals surface area contributed by atoms with Crippen LogP contribution in [0.25, 0.3) is 0 Å². The summed E-state index contributed by atoms with van der Waals surface area (Å²) in [6.45, 7) is 4.55. The number of ether oxygens (including phenoxy) is 1. The summed E-state index contributed by atoms with van der Waals surface area (Å²) in [7, 11) is 0. The summed E-state index contributed by atoms with van der Waals surface area (Å²) in [4.78, 5) is 0. The third-order valence-electron chi connectivity index (χ3n) is 1.98. The second kappa shape index (κ2) is 5.23. The minimum absolute atomic E-state index is 0.165. The largest absolute Gasteiger partial charge is 0.492 e. The van der Waals surface area contributed by atoms with Gasteiger partial charge in [0.25, 0.3) is 0 Å². The van der Waals surface area contributed by atoms with E-state index in [0.29, 0.717) is 11.6 Å². The summed E-state index contributed by atoms with van der Waals surface area (Å²) in [5.41, 5.74) is 6.68. The molecule has 0 aliphatic heterocycles. The number of aryl methyl sites for hydroxylation is 1. The number of halogens is 1. The standard InChI is InChI=1S/C11H16ClNO/c1-8-4-3-5-10(12)11(8)14-7-6-9(2)13/h3-5,9H,6-7,13H2,1-2H3/t9-/m1/s1. The highest BCUT2D eigenvalue weighted by Gasteiger charge is 2.04. The van der Waals surface area contributed by atoms with Crippen molar-refractivity contribution in [2.45, 2.75) is 26.3 Å². The molecule has 1 aromatic rings. The van der Waals surface area contributed by atoms with Gasteiger partial charge in [0.05, 0.1) is 11.6 Å². The molecule has 0 aliphatic rings. The van der Waals surface area contributed by atoms with Crippen molar-refractivity contribution in [1.29, 1.82) is 0 Å². The number of benzene rings is 1. The van der Waals surface area contributed by atoms with Crippen molar-refractivity contribution in [2.24, 2.45) is 5.73 Å². The van der Waals surface area contributed by atoms with E-state index >= 15 is 0 Å². The molecule has 0 bridgehead atoms. The Balaban J connectivity index is 2.58. The van der Waals surface area contributed by atoms with Gasteiger partial charge >= 0.3 is 0 Å². The van der Waals surface area contributed by atoms with E-state index in [-0.39, 0.29) is 6.04 Å². The molecule has 2 N–H and O–H groups in total. The Morgan fingerprint density at radius 1 is 1.50 bits per heavy atom. The molecule has 0 amide bonds. The van der Waals surface area contributed by atoms with Crippen LogP contribution in [0, 0.1) is 6.92 Å². The molecule has 0 spiro atoms. The van der Waals surface area contributed by atoms with Gasteiger partial charge in [0.2, 0.25) is 0 Å². The van der Waals surface area contributed by atoms with Crippen molar-refractivity contribution in [3.8, 4) is 5.75 Å². The van der Waals surface area contributed by atoms with Crippen molar-refractivity contribution in [3.05, 3.63) is 28.8 Å². The van der Waals surface area contributed by atoms with Crippen LogP contribution in [0.5, 0.6) is 5.75 Å². The monoisotopic (exact) mass is 213 g/mol. The van der Waals surface area contributed by atoms with Gasteiger partial charge in [0, 0.05) is 6.04 Å². The van der Waals surface area contributed by atoms with E-state index in [1.54, 1.807) is 0 Å². The van der Waals surface area contributed by atoms with Crippen molar-refractivity contribution in [3.63, 3.8) is 0 Å². The molecular weight excluding hydrogens is 198 g/mol. The zero-order valence-electron chi connectivity index (χ0n) is 8.59. The van der Waals surface area contributed by atoms with E-state index < -0.39 is 0 Å². The van der Waals surface area contributed by atoms with Crippen LogP contribution in [-0.2, 0) is 0 Å². The maximum atomic E-state index is 5.99. The second-order valence-corrected chi connectivity index (χ2v) is 3.91. The van der Waals surface area contributed by atoms with Gasteiger partial charge < -0.3 is 10.5 Å². The lowest BCUT2D eigenvalue weighted by atomic mass is 10.2. The molecule has 14 heavy (non-hydrogen) atoms. The number of para-hydroxylation sites is 1. The summed E-state index contributed by atoms with van der Waals surface area (Å²) in [6, 6.07) is 5.89. The van der Waals surface area contributed by atoms with Crippen molar-refractivity contribution >= 4 is 11.6 Å². The van der Waals surface area contributed by atoms with Crippen LogP contribution >= 0.6 is 11.6 Å². The highest BCUT2D eigenvalue weighted by atomic mass is 35.5. The Bertz CT molecular complexity index is 279. The van der Waals surface area contributed by atoms with Gasteiger partial charge in [-0.05, 0) is 31.9 Å². The molecule has 1 rings (SSSR count). The number of hydrogen-bond donors (Lipinski definition) is 1. The van der Waals surface area contributed by atoms with Crippen LogP contribution in [0.1, 0.15) is 18.9 Å². The summed E-state index contributed by atoms with van der Waals surface area (Å²) < 4.78 is 5.57. The lowest BCUT2D eigenvalue weighted by molar-refractivity contribution is 0.299. The van der Waals surface area contributed by atoms with Crippen molar-refractivity contribution < 1.29 is 4.74 Å². The predicted octanol–water partition coefficient (Wildman–Crippen LogP) is 2.76. The normalized spacial score (nSPS) is 12.6. The molecule has 3 heteroatoms. The van der Waals surface area contributed by atoms with E-state index in [9.17, 15) is 0 Å². The Morgan fingerprint density at radius 3 is 2.79 bits per heavy atom. The quantitative estimate of drug-likeness (QED) is 0.835. The highest BCUT2D eigenvalue weighted by molar-refractivity contribution is 6.32. The van der Waals surface area contributed by atoms with Crippen LogP contribution < -0.4 is 10.5 Å². The highest BCUT2D eigenvalue weighted by Crippen LogP contribution is 2.27. The molecule has 0 saturated carbocycles. The van der Waals surface area contributed by atoms with Crippen LogP contribution in [0.15, 0.2) is 18.2 Å². The third kappa shape index (κ3) is 3.20. The molecule has 1 aromatic carbocycles. The molecule has 2 nitrogen and oxygen atoms in total. The molecule has 1 atom stereocenters. The Hall–Kier alpha value is -0.730. The topological polar surface area (TPSA) is 35.2 Å². The van der Waals surface area contributed by atoms with Gasteiger partial charge in [0.1, 0.15) is 5.75 Å². The van der Waals surface area contributed by atoms with Gasteiger partial charge in [-0.1, -0.05) is 23.7 Å². The first-order valence-electron chi connectivity index (χ1n) is 4.74. The molecule has 0 aliphatic carbocycles. The van der Waals surface area contributed by atoms with Gasteiger partial charge in [-0.15, -0.1) is 0 Å². The summed E-state index contributed by atoms with van der Waals surface area (Å²) in [6.07, 6.45) is 0.838. The first-order valence-corrected chi connectivity index (χ1v) is 5.12.